The predicted molar refractivity (Wildman–Crippen MR) is 92.8 cm³/mol. The lowest BCUT2D eigenvalue weighted by molar-refractivity contribution is -0.127. The number of nitrogens with one attached hydrogen (secondary N) is 1. The molecule has 24 heavy (non-hydrogen) atoms. The zero-order chi connectivity index (χ0) is 17.7. The van der Waals surface area contributed by atoms with Crippen LogP contribution in [-0.2, 0) is 11.3 Å². The van der Waals surface area contributed by atoms with Crippen LogP contribution in [0.25, 0.3) is 0 Å². The number of halogens is 2. The predicted octanol–water partition coefficient (Wildman–Crippen LogP) is 2.44. The molecule has 0 aliphatic carbocycles. The Morgan fingerprint density at radius 1 is 1.38 bits per heavy atom. The first-order chi connectivity index (χ1) is 11.4. The van der Waals surface area contributed by atoms with E-state index in [1.165, 1.54) is 17.0 Å². The highest BCUT2D eigenvalue weighted by atomic mass is 35.5. The molecule has 1 heterocycles. The molecule has 1 aromatic carbocycles. The molecule has 0 saturated heterocycles. The number of carbonyl (C=O) groups excluding carboxylic acids is 1. The first-order valence-corrected chi connectivity index (χ1v) is 8.05. The van der Waals surface area contributed by atoms with Crippen molar-refractivity contribution in [3.05, 3.63) is 56.7 Å². The quantitative estimate of drug-likeness (QED) is 0.848. The van der Waals surface area contributed by atoms with Crippen molar-refractivity contribution in [2.45, 2.75) is 26.5 Å². The van der Waals surface area contributed by atoms with Crippen molar-refractivity contribution in [1.82, 2.24) is 14.9 Å². The highest BCUT2D eigenvalue weighted by Gasteiger charge is 2.15. The first kappa shape index (κ1) is 18.3. The molecule has 1 aromatic heterocycles. The van der Waals surface area contributed by atoms with Crippen LogP contribution in [0.3, 0.4) is 0 Å². The van der Waals surface area contributed by atoms with Gasteiger partial charge >= 0.3 is 0 Å². The Morgan fingerprint density at radius 3 is 2.79 bits per heavy atom. The molecule has 0 fully saturated rings. The first-order valence-electron chi connectivity index (χ1n) is 7.29. The van der Waals surface area contributed by atoms with Gasteiger partial charge in [-0.2, -0.15) is 0 Å². The van der Waals surface area contributed by atoms with Crippen LogP contribution < -0.4 is 15.6 Å². The summed E-state index contributed by atoms with van der Waals surface area (Å²) in [6, 6.07) is 6.21. The highest BCUT2D eigenvalue weighted by Crippen LogP contribution is 2.28. The van der Waals surface area contributed by atoms with Crippen molar-refractivity contribution in [1.29, 1.82) is 0 Å². The van der Waals surface area contributed by atoms with Crippen molar-refractivity contribution in [3.63, 3.8) is 0 Å². The zero-order valence-corrected chi connectivity index (χ0v) is 14.8. The molecule has 6 nitrogen and oxygen atoms in total. The van der Waals surface area contributed by atoms with Crippen LogP contribution in [0.4, 0.5) is 0 Å². The van der Waals surface area contributed by atoms with Crippen molar-refractivity contribution < 1.29 is 9.53 Å². The van der Waals surface area contributed by atoms with E-state index in [-0.39, 0.29) is 18.0 Å². The molecule has 0 saturated carbocycles. The van der Waals surface area contributed by atoms with Gasteiger partial charge in [-0.15, -0.1) is 0 Å². The molecule has 128 valence electrons. The van der Waals surface area contributed by atoms with Crippen molar-refractivity contribution >= 4 is 29.1 Å². The second-order valence-electron chi connectivity index (χ2n) is 5.19. The molecule has 1 N–H and O–H groups in total. The molecule has 0 spiro atoms. The summed E-state index contributed by atoms with van der Waals surface area (Å²) >= 11 is 11.8. The maximum absolute atomic E-state index is 12.0. The second kappa shape index (κ2) is 8.17. The Hall–Kier alpha value is -2.05. The molecular formula is C16H17Cl2N3O3. The van der Waals surface area contributed by atoms with E-state index in [0.29, 0.717) is 28.0 Å². The van der Waals surface area contributed by atoms with E-state index in [9.17, 15) is 9.59 Å². The maximum atomic E-state index is 12.0. The average molecular weight is 370 g/mol. The fourth-order valence-corrected chi connectivity index (χ4v) is 2.40. The lowest BCUT2D eigenvalue weighted by atomic mass is 10.3. The standard InChI is InChI=1S/C16H17Cl2N3O3/c1-10-7-15(22)21(9-20-10)6-5-19-16(23)11(2)24-14-4-3-12(17)8-13(14)18/h3-4,7-9,11H,5-6H2,1-2H3,(H,19,23). The average Bonchev–Trinajstić information content (AvgIpc) is 2.52. The third kappa shape index (κ3) is 4.97. The van der Waals surface area contributed by atoms with Crippen molar-refractivity contribution in [2.24, 2.45) is 0 Å². The summed E-state index contributed by atoms with van der Waals surface area (Å²) in [5, 5.41) is 3.52. The van der Waals surface area contributed by atoms with Crippen LogP contribution in [0.15, 0.2) is 35.4 Å². The summed E-state index contributed by atoms with van der Waals surface area (Å²) < 4.78 is 6.95. The lowest BCUT2D eigenvalue weighted by Crippen LogP contribution is -2.38. The molecule has 8 heteroatoms. The van der Waals surface area contributed by atoms with Gasteiger partial charge in [0.25, 0.3) is 11.5 Å². The summed E-state index contributed by atoms with van der Waals surface area (Å²) in [4.78, 5) is 27.8. The fraction of sp³-hybridized carbons (Fsp3) is 0.312. The summed E-state index contributed by atoms with van der Waals surface area (Å²) in [6.07, 6.45) is 0.716. The number of carbonyl (C=O) groups is 1. The van der Waals surface area contributed by atoms with Crippen LogP contribution in [0, 0.1) is 6.92 Å². The molecule has 0 aliphatic rings. The SMILES string of the molecule is Cc1cc(=O)n(CCNC(=O)C(C)Oc2ccc(Cl)cc2Cl)cn1. The van der Waals surface area contributed by atoms with Gasteiger partial charge in [-0.3, -0.25) is 14.2 Å². The van der Waals surface area contributed by atoms with Gasteiger partial charge in [0, 0.05) is 29.9 Å². The van der Waals surface area contributed by atoms with Gasteiger partial charge in [0.2, 0.25) is 0 Å². The molecule has 1 amide bonds. The number of hydrogen-bond donors (Lipinski definition) is 1. The zero-order valence-electron chi connectivity index (χ0n) is 13.3. The number of nitrogens with zero attached hydrogens (tertiary/aromatic N) is 2. The van der Waals surface area contributed by atoms with Gasteiger partial charge in [-0.25, -0.2) is 4.98 Å². The number of benzene rings is 1. The van der Waals surface area contributed by atoms with Crippen LogP contribution in [0.5, 0.6) is 5.75 Å². The summed E-state index contributed by atoms with van der Waals surface area (Å²) in [5.41, 5.74) is 0.496. The van der Waals surface area contributed by atoms with Crippen LogP contribution in [0.1, 0.15) is 12.6 Å². The van der Waals surface area contributed by atoms with E-state index in [4.69, 9.17) is 27.9 Å². The molecule has 2 aromatic rings. The maximum Gasteiger partial charge on any atom is 0.260 e. The monoisotopic (exact) mass is 369 g/mol. The molecule has 0 aliphatic heterocycles. The second-order valence-corrected chi connectivity index (χ2v) is 6.03. The summed E-state index contributed by atoms with van der Waals surface area (Å²) in [5.74, 6) is 0.0665. The molecular weight excluding hydrogens is 353 g/mol. The van der Waals surface area contributed by atoms with Crippen LogP contribution >= 0.6 is 23.2 Å². The Morgan fingerprint density at radius 2 is 2.12 bits per heavy atom. The van der Waals surface area contributed by atoms with E-state index in [1.54, 1.807) is 32.0 Å². The molecule has 1 unspecified atom stereocenters. The van der Waals surface area contributed by atoms with Crippen molar-refractivity contribution in [3.8, 4) is 5.75 Å². The minimum Gasteiger partial charge on any atom is -0.479 e. The van der Waals surface area contributed by atoms with Gasteiger partial charge < -0.3 is 10.1 Å². The van der Waals surface area contributed by atoms with Crippen molar-refractivity contribution in [2.75, 3.05) is 6.54 Å². The Balaban J connectivity index is 1.86. The number of rotatable bonds is 6. The van der Waals surface area contributed by atoms with Gasteiger partial charge in [0.1, 0.15) is 5.75 Å². The molecule has 0 bridgehead atoms. The Kier molecular flexibility index (Phi) is 6.23. The molecule has 2 rings (SSSR count). The number of hydrogen-bond acceptors (Lipinski definition) is 4. The third-order valence-electron chi connectivity index (χ3n) is 3.24. The summed E-state index contributed by atoms with van der Waals surface area (Å²) in [6.45, 7) is 3.96. The minimum absolute atomic E-state index is 0.158. The van der Waals surface area contributed by atoms with E-state index in [1.807, 2.05) is 0 Å². The van der Waals surface area contributed by atoms with E-state index < -0.39 is 6.10 Å². The highest BCUT2D eigenvalue weighted by molar-refractivity contribution is 6.35. The number of ether oxygens (including phenoxy) is 1. The number of amides is 1. The molecule has 1 atom stereocenters. The van der Waals surface area contributed by atoms with Crippen LogP contribution in [0.2, 0.25) is 10.0 Å². The fourth-order valence-electron chi connectivity index (χ4n) is 1.94. The largest absolute Gasteiger partial charge is 0.479 e. The smallest absolute Gasteiger partial charge is 0.260 e. The van der Waals surface area contributed by atoms with Gasteiger partial charge in [-0.05, 0) is 32.0 Å². The third-order valence-corrected chi connectivity index (χ3v) is 3.77. The topological polar surface area (TPSA) is 73.2 Å². The summed E-state index contributed by atoms with van der Waals surface area (Å²) in [7, 11) is 0. The van der Waals surface area contributed by atoms with Gasteiger partial charge in [0.05, 0.1) is 11.3 Å². The van der Waals surface area contributed by atoms with E-state index in [0.717, 1.165) is 0 Å². The number of aromatic nitrogens is 2. The lowest BCUT2D eigenvalue weighted by Gasteiger charge is -2.16. The van der Waals surface area contributed by atoms with Crippen LogP contribution in [-0.4, -0.2) is 28.1 Å². The number of aryl methyl sites for hydroxylation is 1. The Labute approximate surface area is 149 Å². The van der Waals surface area contributed by atoms with E-state index in [2.05, 4.69) is 10.3 Å². The van der Waals surface area contributed by atoms with E-state index >= 15 is 0 Å². The van der Waals surface area contributed by atoms with Gasteiger partial charge in [-0.1, -0.05) is 23.2 Å². The van der Waals surface area contributed by atoms with Gasteiger partial charge in [0.15, 0.2) is 6.10 Å². The molecule has 0 radical (unpaired) electrons. The normalized spacial score (nSPS) is 11.8. The Bertz CT molecular complexity index is 792. The minimum atomic E-state index is -0.739.